The minimum atomic E-state index is -3.27. The van der Waals surface area contributed by atoms with Crippen LogP contribution in [0.3, 0.4) is 0 Å². The van der Waals surface area contributed by atoms with Crippen LogP contribution in [0.2, 0.25) is 0 Å². The molecule has 1 aromatic heterocycles. The van der Waals surface area contributed by atoms with Gasteiger partial charge in [-0.2, -0.15) is 5.26 Å². The summed E-state index contributed by atoms with van der Waals surface area (Å²) in [5.74, 6) is -1.46. The van der Waals surface area contributed by atoms with Gasteiger partial charge in [0.25, 0.3) is 5.91 Å². The van der Waals surface area contributed by atoms with Crippen molar-refractivity contribution in [2.24, 2.45) is 0 Å². The number of carbonyl (C=O) groups is 3. The molecule has 0 unspecified atom stereocenters. The van der Waals surface area contributed by atoms with E-state index in [1.165, 1.54) is 11.3 Å². The van der Waals surface area contributed by atoms with E-state index >= 15 is 0 Å². The van der Waals surface area contributed by atoms with Gasteiger partial charge in [-0.25, -0.2) is 13.2 Å². The Hall–Kier alpha value is -2.45. The SMILES string of the molecule is CS(=O)(=O)CC[C@H]1NC(=O)N(CC(=O)Nc2sc3c(c2C#N)CCC3)C1=O. The van der Waals surface area contributed by atoms with Gasteiger partial charge in [-0.05, 0) is 31.2 Å². The van der Waals surface area contributed by atoms with Gasteiger partial charge in [0.1, 0.15) is 33.5 Å². The van der Waals surface area contributed by atoms with Crippen LogP contribution in [0.5, 0.6) is 0 Å². The van der Waals surface area contributed by atoms with Gasteiger partial charge in [-0.1, -0.05) is 0 Å². The van der Waals surface area contributed by atoms with Gasteiger partial charge < -0.3 is 10.6 Å². The van der Waals surface area contributed by atoms with Crippen LogP contribution in [0, 0.1) is 11.3 Å². The zero-order valence-corrected chi connectivity index (χ0v) is 16.2. The molecule has 27 heavy (non-hydrogen) atoms. The predicted octanol–water partition coefficient (Wildman–Crippen LogP) is 0.402. The van der Waals surface area contributed by atoms with E-state index in [0.717, 1.165) is 40.9 Å². The summed E-state index contributed by atoms with van der Waals surface area (Å²) in [4.78, 5) is 38.4. The number of hydrogen-bond acceptors (Lipinski definition) is 7. The van der Waals surface area contributed by atoms with Gasteiger partial charge in [-0.15, -0.1) is 11.3 Å². The second-order valence-electron chi connectivity index (χ2n) is 6.57. The summed E-state index contributed by atoms with van der Waals surface area (Å²) in [7, 11) is -3.27. The van der Waals surface area contributed by atoms with E-state index in [1.807, 2.05) is 0 Å². The number of anilines is 1. The number of carbonyl (C=O) groups excluding carboxylic acids is 3. The third-order valence-corrected chi connectivity index (χ3v) is 6.66. The Morgan fingerprint density at radius 1 is 1.41 bits per heavy atom. The van der Waals surface area contributed by atoms with Crippen LogP contribution >= 0.6 is 11.3 Å². The van der Waals surface area contributed by atoms with Crippen LogP contribution in [0.15, 0.2) is 0 Å². The van der Waals surface area contributed by atoms with Crippen LogP contribution in [0.1, 0.15) is 28.8 Å². The molecule has 0 saturated carbocycles. The smallest absolute Gasteiger partial charge is 0.325 e. The first-order valence-corrected chi connectivity index (χ1v) is 11.2. The van der Waals surface area contributed by atoms with Gasteiger partial charge in [0.15, 0.2) is 0 Å². The summed E-state index contributed by atoms with van der Waals surface area (Å²) >= 11 is 1.35. The first-order chi connectivity index (χ1) is 12.7. The molecule has 11 heteroatoms. The van der Waals surface area contributed by atoms with Crippen molar-refractivity contribution in [2.75, 3.05) is 23.9 Å². The highest BCUT2D eigenvalue weighted by atomic mass is 32.2. The second-order valence-corrected chi connectivity index (χ2v) is 9.93. The molecule has 3 rings (SSSR count). The first kappa shape index (κ1) is 19.3. The minimum Gasteiger partial charge on any atom is -0.326 e. The van der Waals surface area contributed by atoms with Gasteiger partial charge in [-0.3, -0.25) is 14.5 Å². The molecule has 4 amide bonds. The molecule has 144 valence electrons. The van der Waals surface area contributed by atoms with Crippen molar-refractivity contribution in [3.8, 4) is 6.07 Å². The molecule has 2 aliphatic rings. The standard InChI is InChI=1S/C16H18N4O5S2/c1-27(24,25)6-5-11-15(22)20(16(23)18-11)8-13(21)19-14-10(7-17)9-3-2-4-12(9)26-14/h11H,2-6,8H2,1H3,(H,18,23)(H,19,21)/t11-/m1/s1. The van der Waals surface area contributed by atoms with Gasteiger partial charge in [0, 0.05) is 11.1 Å². The Kier molecular flexibility index (Phi) is 5.21. The maximum atomic E-state index is 12.3. The number of urea groups is 1. The van der Waals surface area contributed by atoms with Gasteiger partial charge in [0.2, 0.25) is 5.91 Å². The summed E-state index contributed by atoms with van der Waals surface area (Å²) in [5, 5.41) is 14.8. The maximum absolute atomic E-state index is 12.3. The molecule has 1 atom stereocenters. The topological polar surface area (TPSA) is 136 Å². The van der Waals surface area contributed by atoms with Crippen LogP contribution in [0.25, 0.3) is 0 Å². The highest BCUT2D eigenvalue weighted by Crippen LogP contribution is 2.38. The Balaban J connectivity index is 1.64. The van der Waals surface area contributed by atoms with Crippen molar-refractivity contribution < 1.29 is 22.8 Å². The molecular weight excluding hydrogens is 392 g/mol. The van der Waals surface area contributed by atoms with Crippen molar-refractivity contribution in [1.82, 2.24) is 10.2 Å². The fraction of sp³-hybridized carbons (Fsp3) is 0.500. The normalized spacial score (nSPS) is 19.0. The average molecular weight is 410 g/mol. The fourth-order valence-electron chi connectivity index (χ4n) is 3.17. The number of nitrogens with one attached hydrogen (secondary N) is 2. The predicted molar refractivity (Wildman–Crippen MR) is 98.0 cm³/mol. The molecule has 2 heterocycles. The van der Waals surface area contributed by atoms with Crippen molar-refractivity contribution in [3.63, 3.8) is 0 Å². The quantitative estimate of drug-likeness (QED) is 0.652. The number of amides is 4. The zero-order valence-electron chi connectivity index (χ0n) is 14.6. The van der Waals surface area contributed by atoms with E-state index in [2.05, 4.69) is 16.7 Å². The molecule has 0 radical (unpaired) electrons. The van der Waals surface area contributed by atoms with E-state index in [1.54, 1.807) is 0 Å². The van der Waals surface area contributed by atoms with E-state index in [4.69, 9.17) is 0 Å². The molecule has 0 bridgehead atoms. The fourth-order valence-corrected chi connectivity index (χ4v) is 5.09. The number of imide groups is 1. The number of nitriles is 1. The molecule has 2 N–H and O–H groups in total. The monoisotopic (exact) mass is 410 g/mol. The van der Waals surface area contributed by atoms with Crippen molar-refractivity contribution in [2.45, 2.75) is 31.7 Å². The minimum absolute atomic E-state index is 0.0439. The van der Waals surface area contributed by atoms with Gasteiger partial charge in [0.05, 0.1) is 11.3 Å². The number of hydrogen-bond donors (Lipinski definition) is 2. The average Bonchev–Trinajstić information content (AvgIpc) is 3.21. The van der Waals surface area contributed by atoms with Crippen LogP contribution in [-0.4, -0.2) is 55.8 Å². The number of aryl methyl sites for hydroxylation is 1. The molecule has 1 aromatic rings. The van der Waals surface area contributed by atoms with E-state index in [9.17, 15) is 28.1 Å². The third kappa shape index (κ3) is 4.12. The third-order valence-electron chi connectivity index (χ3n) is 4.47. The lowest BCUT2D eigenvalue weighted by Gasteiger charge is -2.12. The first-order valence-electron chi connectivity index (χ1n) is 8.33. The molecule has 1 aliphatic carbocycles. The highest BCUT2D eigenvalue weighted by Gasteiger charge is 2.39. The second kappa shape index (κ2) is 7.28. The number of nitrogens with zero attached hydrogens (tertiary/aromatic N) is 2. The highest BCUT2D eigenvalue weighted by molar-refractivity contribution is 7.90. The lowest BCUT2D eigenvalue weighted by molar-refractivity contribution is -0.130. The number of rotatable bonds is 6. The van der Waals surface area contributed by atoms with E-state index in [0.29, 0.717) is 10.6 Å². The van der Waals surface area contributed by atoms with Crippen molar-refractivity contribution >= 4 is 44.0 Å². The summed E-state index contributed by atoms with van der Waals surface area (Å²) in [6, 6.07) is 0.418. The lowest BCUT2D eigenvalue weighted by atomic mass is 10.1. The molecular formula is C16H18N4O5S2. The molecule has 1 aliphatic heterocycles. The number of fused-ring (bicyclic) bond motifs is 1. The molecule has 0 aromatic carbocycles. The van der Waals surface area contributed by atoms with Crippen molar-refractivity contribution in [3.05, 3.63) is 16.0 Å². The zero-order chi connectivity index (χ0) is 19.8. The summed E-state index contributed by atoms with van der Waals surface area (Å²) < 4.78 is 22.5. The number of thiophene rings is 1. The van der Waals surface area contributed by atoms with Crippen LogP contribution < -0.4 is 10.6 Å². The molecule has 0 spiro atoms. The van der Waals surface area contributed by atoms with Crippen LogP contribution in [-0.2, 0) is 32.3 Å². The van der Waals surface area contributed by atoms with Gasteiger partial charge >= 0.3 is 6.03 Å². The van der Waals surface area contributed by atoms with E-state index < -0.39 is 40.3 Å². The summed E-state index contributed by atoms with van der Waals surface area (Å²) in [6.07, 6.45) is 3.67. The van der Waals surface area contributed by atoms with Crippen molar-refractivity contribution in [1.29, 1.82) is 5.26 Å². The van der Waals surface area contributed by atoms with Crippen LogP contribution in [0.4, 0.5) is 9.80 Å². The molecule has 1 saturated heterocycles. The largest absolute Gasteiger partial charge is 0.326 e. The summed E-state index contributed by atoms with van der Waals surface area (Å²) in [6.45, 7) is -0.493. The molecule has 9 nitrogen and oxygen atoms in total. The Morgan fingerprint density at radius 3 is 2.81 bits per heavy atom. The lowest BCUT2D eigenvalue weighted by Crippen LogP contribution is -2.38. The Labute approximate surface area is 160 Å². The summed E-state index contributed by atoms with van der Waals surface area (Å²) in [5.41, 5.74) is 1.41. The molecule has 1 fully saturated rings. The maximum Gasteiger partial charge on any atom is 0.325 e. The van der Waals surface area contributed by atoms with E-state index in [-0.39, 0.29) is 12.2 Å². The number of sulfone groups is 1. The Bertz CT molecular complexity index is 960. The Morgan fingerprint density at radius 2 is 2.15 bits per heavy atom.